The average molecular weight is 303 g/mol. The first-order valence-corrected chi connectivity index (χ1v) is 8.97. The predicted molar refractivity (Wildman–Crippen MR) is 104 cm³/mol. The lowest BCUT2D eigenvalue weighted by Crippen LogP contribution is -1.86. The molecule has 1 rings (SSSR count). The van der Waals surface area contributed by atoms with Crippen molar-refractivity contribution >= 4 is 0 Å². The molecule has 0 unspecified atom stereocenters. The highest BCUT2D eigenvalue weighted by Gasteiger charge is 1.94. The maximum Gasteiger partial charge on any atom is -0.0279 e. The fourth-order valence-corrected chi connectivity index (χ4v) is 2.46. The summed E-state index contributed by atoms with van der Waals surface area (Å²) in [6, 6.07) is 10.9. The summed E-state index contributed by atoms with van der Waals surface area (Å²) in [6.07, 6.45) is 15.5. The van der Waals surface area contributed by atoms with E-state index in [9.17, 15) is 0 Å². The van der Waals surface area contributed by atoms with E-state index in [0.717, 1.165) is 0 Å². The average Bonchev–Trinajstić information content (AvgIpc) is 2.61. The molecule has 0 heteroatoms. The molecule has 0 radical (unpaired) electrons. The summed E-state index contributed by atoms with van der Waals surface area (Å²) in [5.74, 6) is 0. The molecular weight excluding hydrogens is 264 g/mol. The van der Waals surface area contributed by atoms with Gasteiger partial charge in [0, 0.05) is 0 Å². The zero-order valence-corrected chi connectivity index (χ0v) is 15.0. The number of rotatable bonds is 11. The van der Waals surface area contributed by atoms with Gasteiger partial charge in [-0.25, -0.2) is 0 Å². The highest BCUT2D eigenvalue weighted by molar-refractivity contribution is 5.14. The van der Waals surface area contributed by atoms with Gasteiger partial charge in [-0.3, -0.25) is 0 Å². The van der Waals surface area contributed by atoms with Crippen molar-refractivity contribution in [3.05, 3.63) is 62.2 Å². The van der Waals surface area contributed by atoms with Gasteiger partial charge in [-0.1, -0.05) is 95.0 Å². The van der Waals surface area contributed by atoms with Crippen LogP contribution in [0, 0.1) is 0 Å². The zero-order chi connectivity index (χ0) is 16.9. The van der Waals surface area contributed by atoms with Crippen molar-refractivity contribution < 1.29 is 0 Å². The molecule has 1 aromatic carbocycles. The summed E-state index contributed by atoms with van der Waals surface area (Å²) >= 11 is 0. The Morgan fingerprint density at radius 3 is 1.45 bits per heavy atom. The van der Waals surface area contributed by atoms with Crippen LogP contribution < -0.4 is 0 Å². The Morgan fingerprint density at radius 1 is 0.591 bits per heavy atom. The molecular formula is C22H38. The first-order valence-electron chi connectivity index (χ1n) is 8.97. The second-order valence-corrected chi connectivity index (χ2v) is 5.42. The third kappa shape index (κ3) is 16.8. The zero-order valence-electron chi connectivity index (χ0n) is 15.0. The lowest BCUT2D eigenvalue weighted by atomic mass is 10.0. The van der Waals surface area contributed by atoms with Gasteiger partial charge in [0.15, 0.2) is 0 Å². The van der Waals surface area contributed by atoms with E-state index in [-0.39, 0.29) is 0 Å². The lowest BCUT2D eigenvalue weighted by Gasteiger charge is -2.03. The molecule has 0 aromatic heterocycles. The summed E-state index contributed by atoms with van der Waals surface area (Å²) in [6.45, 7) is 14.3. The molecule has 0 aliphatic carbocycles. The molecule has 0 heterocycles. The van der Waals surface area contributed by atoms with E-state index in [4.69, 9.17) is 0 Å². The fraction of sp³-hybridized carbons (Fsp3) is 0.545. The van der Waals surface area contributed by atoms with Crippen molar-refractivity contribution in [2.24, 2.45) is 0 Å². The van der Waals surface area contributed by atoms with Crippen molar-refractivity contribution in [2.75, 3.05) is 0 Å². The first-order chi connectivity index (χ1) is 10.9. The van der Waals surface area contributed by atoms with Gasteiger partial charge in [0.1, 0.15) is 0 Å². The summed E-state index contributed by atoms with van der Waals surface area (Å²) in [5, 5.41) is 0. The molecule has 0 nitrogen and oxygen atoms in total. The summed E-state index contributed by atoms with van der Waals surface area (Å²) in [5.41, 5.74) is 1.50. The van der Waals surface area contributed by atoms with Crippen molar-refractivity contribution in [3.63, 3.8) is 0 Å². The highest BCUT2D eigenvalue weighted by Crippen LogP contribution is 2.12. The van der Waals surface area contributed by atoms with E-state index < -0.39 is 0 Å². The first kappa shape index (κ1) is 23.0. The van der Waals surface area contributed by atoms with Crippen LogP contribution >= 0.6 is 0 Å². The minimum absolute atomic E-state index is 1.26. The molecule has 22 heavy (non-hydrogen) atoms. The molecule has 1 aromatic rings. The lowest BCUT2D eigenvalue weighted by molar-refractivity contribution is 0.556. The second kappa shape index (κ2) is 22.0. The van der Waals surface area contributed by atoms with Crippen molar-refractivity contribution in [1.29, 1.82) is 0 Å². The van der Waals surface area contributed by atoms with Gasteiger partial charge in [0.05, 0.1) is 0 Å². The third-order valence-electron chi connectivity index (χ3n) is 3.66. The maximum atomic E-state index is 3.00. The Kier molecular flexibility index (Phi) is 23.0. The monoisotopic (exact) mass is 302 g/mol. The van der Waals surface area contributed by atoms with Crippen LogP contribution in [0.15, 0.2) is 56.6 Å². The van der Waals surface area contributed by atoms with Crippen LogP contribution in [-0.2, 0) is 6.42 Å². The van der Waals surface area contributed by atoms with E-state index in [2.05, 4.69) is 63.6 Å². The molecule has 0 amide bonds. The van der Waals surface area contributed by atoms with E-state index >= 15 is 0 Å². The van der Waals surface area contributed by atoms with Gasteiger partial charge in [-0.2, -0.15) is 0 Å². The van der Waals surface area contributed by atoms with Gasteiger partial charge in [-0.05, 0) is 18.4 Å². The number of aryl methyl sites for hydroxylation is 1. The minimum atomic E-state index is 1.26. The quantitative estimate of drug-likeness (QED) is 0.289. The molecule has 0 N–H and O–H groups in total. The predicted octanol–water partition coefficient (Wildman–Crippen LogP) is 7.75. The van der Waals surface area contributed by atoms with Crippen molar-refractivity contribution in [2.45, 2.75) is 77.6 Å². The van der Waals surface area contributed by atoms with Crippen LogP contribution in [-0.4, -0.2) is 0 Å². The van der Waals surface area contributed by atoms with Crippen LogP contribution in [0.4, 0.5) is 0 Å². The van der Waals surface area contributed by atoms with Crippen LogP contribution in [0.3, 0.4) is 0 Å². The molecule has 0 atom stereocenters. The van der Waals surface area contributed by atoms with Crippen LogP contribution in [0.1, 0.15) is 76.7 Å². The highest BCUT2D eigenvalue weighted by atomic mass is 14.0. The Balaban J connectivity index is 0. The Morgan fingerprint density at radius 2 is 1.00 bits per heavy atom. The number of hydrogen-bond donors (Lipinski definition) is 0. The fourth-order valence-electron chi connectivity index (χ4n) is 2.46. The standard InChI is InChI=1S/C18H30.2C2H4/c1-2-3-4-5-6-7-8-9-10-12-15-18-16-13-11-14-17-18;2*1-2/h11,13-14,16-17H,2-10,12,15H2,1H3;2*1-2H2. The maximum absolute atomic E-state index is 3.00. The van der Waals surface area contributed by atoms with Crippen LogP contribution in [0.25, 0.3) is 0 Å². The third-order valence-corrected chi connectivity index (χ3v) is 3.66. The molecule has 0 bridgehead atoms. The van der Waals surface area contributed by atoms with E-state index in [1.165, 1.54) is 76.2 Å². The van der Waals surface area contributed by atoms with Gasteiger partial charge >= 0.3 is 0 Å². The Labute approximate surface area is 140 Å². The van der Waals surface area contributed by atoms with Crippen molar-refractivity contribution in [1.82, 2.24) is 0 Å². The van der Waals surface area contributed by atoms with Gasteiger partial charge in [-0.15, -0.1) is 26.3 Å². The van der Waals surface area contributed by atoms with Gasteiger partial charge < -0.3 is 0 Å². The van der Waals surface area contributed by atoms with Crippen molar-refractivity contribution in [3.8, 4) is 0 Å². The molecule has 0 aliphatic heterocycles. The Hall–Kier alpha value is -1.30. The largest absolute Gasteiger partial charge is 0.106 e. The molecule has 0 fully saturated rings. The molecule has 0 saturated heterocycles. The number of unbranched alkanes of at least 4 members (excludes halogenated alkanes) is 9. The summed E-state index contributed by atoms with van der Waals surface area (Å²) in [7, 11) is 0. The van der Waals surface area contributed by atoms with E-state index in [0.29, 0.717) is 0 Å². The number of hydrogen-bond acceptors (Lipinski definition) is 0. The molecule has 0 saturated carbocycles. The minimum Gasteiger partial charge on any atom is -0.106 e. The van der Waals surface area contributed by atoms with Gasteiger partial charge in [0.25, 0.3) is 0 Å². The summed E-state index contributed by atoms with van der Waals surface area (Å²) in [4.78, 5) is 0. The van der Waals surface area contributed by atoms with Crippen LogP contribution in [0.5, 0.6) is 0 Å². The normalized spacial score (nSPS) is 9.14. The number of benzene rings is 1. The molecule has 126 valence electrons. The Bertz CT molecular complexity index is 286. The van der Waals surface area contributed by atoms with Gasteiger partial charge in [0.2, 0.25) is 0 Å². The smallest absolute Gasteiger partial charge is 0.0279 e. The van der Waals surface area contributed by atoms with E-state index in [1.807, 2.05) is 0 Å². The second-order valence-electron chi connectivity index (χ2n) is 5.42. The van der Waals surface area contributed by atoms with E-state index in [1.54, 1.807) is 0 Å². The molecule has 0 aliphatic rings. The molecule has 0 spiro atoms. The topological polar surface area (TPSA) is 0 Å². The van der Waals surface area contributed by atoms with Crippen LogP contribution in [0.2, 0.25) is 0 Å². The summed E-state index contributed by atoms with van der Waals surface area (Å²) < 4.78 is 0. The SMILES string of the molecule is C=C.C=C.CCCCCCCCCCCCc1ccccc1.